The fourth-order valence-electron chi connectivity index (χ4n) is 5.42. The number of hydrogen-bond acceptors (Lipinski definition) is 4. The number of carbonyl (C=O) groups is 3. The molecule has 4 aliphatic carbocycles. The van der Waals surface area contributed by atoms with E-state index >= 15 is 0 Å². The topological polar surface area (TPSA) is 66.9 Å². The highest BCUT2D eigenvalue weighted by Gasteiger charge is 2.67. The van der Waals surface area contributed by atoms with Gasteiger partial charge >= 0.3 is 0 Å². The van der Waals surface area contributed by atoms with E-state index in [0.717, 1.165) is 6.42 Å². The van der Waals surface area contributed by atoms with Crippen LogP contribution in [0.1, 0.15) is 13.3 Å². The van der Waals surface area contributed by atoms with E-state index in [1.807, 2.05) is 0 Å². The molecule has 5 aliphatic rings. The van der Waals surface area contributed by atoms with Crippen LogP contribution < -0.4 is 9.64 Å². The van der Waals surface area contributed by atoms with Gasteiger partial charge in [-0.3, -0.25) is 24.2 Å². The van der Waals surface area contributed by atoms with Crippen LogP contribution in [0.4, 0.5) is 5.69 Å². The summed E-state index contributed by atoms with van der Waals surface area (Å²) in [5, 5.41) is 0. The number of amides is 3. The van der Waals surface area contributed by atoms with Crippen molar-refractivity contribution in [2.75, 3.05) is 18.7 Å². The van der Waals surface area contributed by atoms with Crippen LogP contribution in [-0.4, -0.2) is 36.4 Å². The number of hydrogen-bond donors (Lipinski definition) is 0. The number of benzene rings is 1. The summed E-state index contributed by atoms with van der Waals surface area (Å²) in [7, 11) is 1.58. The van der Waals surface area contributed by atoms with Gasteiger partial charge in [0, 0.05) is 12.6 Å². The summed E-state index contributed by atoms with van der Waals surface area (Å²) in [6.45, 7) is 1.42. The number of imide groups is 1. The van der Waals surface area contributed by atoms with Crippen molar-refractivity contribution in [1.82, 2.24) is 4.90 Å². The first-order valence-electron chi connectivity index (χ1n) is 9.47. The molecule has 3 fully saturated rings. The van der Waals surface area contributed by atoms with Gasteiger partial charge in [-0.25, -0.2) is 0 Å². The third-order valence-electron chi connectivity index (χ3n) is 6.80. The van der Waals surface area contributed by atoms with Crippen LogP contribution in [0.25, 0.3) is 0 Å². The Morgan fingerprint density at radius 2 is 1.63 bits per heavy atom. The van der Waals surface area contributed by atoms with Gasteiger partial charge in [-0.2, -0.15) is 0 Å². The summed E-state index contributed by atoms with van der Waals surface area (Å²) in [6, 6.07) is 7.05. The smallest absolute Gasteiger partial charge is 0.235 e. The molecule has 6 rings (SSSR count). The van der Waals surface area contributed by atoms with E-state index in [2.05, 4.69) is 12.2 Å². The first-order valence-corrected chi connectivity index (χ1v) is 9.47. The van der Waals surface area contributed by atoms with Gasteiger partial charge in [0.05, 0.1) is 18.9 Å². The van der Waals surface area contributed by atoms with E-state index in [1.54, 1.807) is 31.4 Å². The third-order valence-corrected chi connectivity index (χ3v) is 6.80. The largest absolute Gasteiger partial charge is 0.497 e. The molecular formula is C21H22N2O4. The molecule has 1 heterocycles. The highest BCUT2D eigenvalue weighted by atomic mass is 16.5. The predicted octanol–water partition coefficient (Wildman–Crippen LogP) is 2.06. The Morgan fingerprint density at radius 3 is 2.11 bits per heavy atom. The van der Waals surface area contributed by atoms with E-state index < -0.39 is 0 Å². The van der Waals surface area contributed by atoms with E-state index in [0.29, 0.717) is 23.3 Å². The van der Waals surface area contributed by atoms with Gasteiger partial charge in [-0.1, -0.05) is 12.2 Å². The molecule has 0 aromatic heterocycles. The third kappa shape index (κ3) is 2.28. The van der Waals surface area contributed by atoms with Crippen LogP contribution in [0.3, 0.4) is 0 Å². The zero-order chi connectivity index (χ0) is 18.9. The van der Waals surface area contributed by atoms with Crippen molar-refractivity contribution in [1.29, 1.82) is 0 Å². The molecule has 140 valence electrons. The highest BCUT2D eigenvalue weighted by Crippen LogP contribution is 2.65. The van der Waals surface area contributed by atoms with Crippen molar-refractivity contribution in [3.8, 4) is 5.75 Å². The molecule has 6 nitrogen and oxygen atoms in total. The lowest BCUT2D eigenvalue weighted by atomic mass is 9.63. The van der Waals surface area contributed by atoms with Gasteiger partial charge in [-0.15, -0.1) is 0 Å². The maximum Gasteiger partial charge on any atom is 0.235 e. The summed E-state index contributed by atoms with van der Waals surface area (Å²) in [6.07, 6.45) is 5.45. The molecule has 1 saturated heterocycles. The van der Waals surface area contributed by atoms with Gasteiger partial charge in [0.2, 0.25) is 17.7 Å². The van der Waals surface area contributed by atoms with Crippen molar-refractivity contribution in [3.05, 3.63) is 36.4 Å². The fraction of sp³-hybridized carbons (Fsp3) is 0.476. The number of likely N-dealkylation sites (tertiary alicyclic amines) is 1. The number of anilines is 1. The summed E-state index contributed by atoms with van der Waals surface area (Å²) >= 11 is 0. The average molecular weight is 366 g/mol. The maximum absolute atomic E-state index is 13.1. The number of nitrogens with zero attached hydrogens (tertiary/aromatic N) is 2. The first-order chi connectivity index (χ1) is 13.0. The molecule has 6 heteroatoms. The van der Waals surface area contributed by atoms with E-state index in [1.165, 1.54) is 16.7 Å². The van der Waals surface area contributed by atoms with Crippen LogP contribution in [0.2, 0.25) is 0 Å². The second-order valence-corrected chi connectivity index (χ2v) is 8.05. The van der Waals surface area contributed by atoms with Crippen LogP contribution in [0.15, 0.2) is 36.4 Å². The molecule has 1 aromatic rings. The molecule has 1 aliphatic heterocycles. The van der Waals surface area contributed by atoms with Gasteiger partial charge < -0.3 is 4.74 Å². The zero-order valence-corrected chi connectivity index (χ0v) is 15.4. The molecule has 3 amide bonds. The Labute approximate surface area is 157 Å². The predicted molar refractivity (Wildman–Crippen MR) is 97.6 cm³/mol. The Bertz CT molecular complexity index is 825. The minimum absolute atomic E-state index is 0.0267. The van der Waals surface area contributed by atoms with Crippen molar-refractivity contribution in [2.45, 2.75) is 13.3 Å². The Hall–Kier alpha value is -2.63. The standard InChI is InChI=1S/C21H22N2O4/c1-11(24)22(12-3-5-13(27-2)6-4-12)10-23-20(25)18-14-7-8-15(17-9-16(14)17)19(18)21(23)26/h3-8,14-19H,9-10H2,1-2H3/t14-,15-,16-,17-,18-,19+/m1/s1. The van der Waals surface area contributed by atoms with Crippen molar-refractivity contribution in [3.63, 3.8) is 0 Å². The monoisotopic (exact) mass is 366 g/mol. The molecule has 6 atom stereocenters. The SMILES string of the molecule is COc1ccc(N(CN2C(=O)[C@@H]3[C@@H]4C=C[C@H]([C@H]5C[C@H]45)[C@@H]3C2=O)C(C)=O)cc1. The number of rotatable bonds is 4. The Balaban J connectivity index is 1.42. The Kier molecular flexibility index (Phi) is 3.48. The highest BCUT2D eigenvalue weighted by molar-refractivity contribution is 6.07. The number of methoxy groups -OCH3 is 1. The number of ether oxygens (including phenoxy) is 1. The van der Waals surface area contributed by atoms with Gasteiger partial charge in [0.1, 0.15) is 12.4 Å². The Morgan fingerprint density at radius 1 is 1.07 bits per heavy atom. The molecule has 1 aromatic carbocycles. The van der Waals surface area contributed by atoms with Crippen molar-refractivity contribution >= 4 is 23.4 Å². The van der Waals surface area contributed by atoms with E-state index in [4.69, 9.17) is 4.74 Å². The molecular weight excluding hydrogens is 344 g/mol. The summed E-state index contributed by atoms with van der Waals surface area (Å²) < 4.78 is 5.16. The average Bonchev–Trinajstić information content (AvgIpc) is 3.46. The second-order valence-electron chi connectivity index (χ2n) is 8.05. The van der Waals surface area contributed by atoms with E-state index in [-0.39, 0.29) is 48.1 Å². The number of allylic oxidation sites excluding steroid dienone is 2. The normalized spacial score (nSPS) is 35.1. The molecule has 27 heavy (non-hydrogen) atoms. The van der Waals surface area contributed by atoms with Gasteiger partial charge in [0.15, 0.2) is 0 Å². The lowest BCUT2D eigenvalue weighted by molar-refractivity contribution is -0.140. The summed E-state index contributed by atoms with van der Waals surface area (Å²) in [5.74, 6) is 1.30. The van der Waals surface area contributed by atoms with Crippen LogP contribution in [0, 0.1) is 35.5 Å². The van der Waals surface area contributed by atoms with E-state index in [9.17, 15) is 14.4 Å². The van der Waals surface area contributed by atoms with Crippen molar-refractivity contribution in [2.24, 2.45) is 35.5 Å². The minimum atomic E-state index is -0.235. The fourth-order valence-corrected chi connectivity index (χ4v) is 5.42. The number of carbonyl (C=O) groups excluding carboxylic acids is 3. The molecule has 0 radical (unpaired) electrons. The molecule has 2 saturated carbocycles. The summed E-state index contributed by atoms with van der Waals surface area (Å²) in [4.78, 5) is 41.2. The second kappa shape index (κ2) is 5.68. The molecule has 2 bridgehead atoms. The molecule has 0 spiro atoms. The summed E-state index contributed by atoms with van der Waals surface area (Å²) in [5.41, 5.74) is 0.641. The van der Waals surface area contributed by atoms with Crippen LogP contribution >= 0.6 is 0 Å². The first kappa shape index (κ1) is 16.5. The minimum Gasteiger partial charge on any atom is -0.497 e. The van der Waals surface area contributed by atoms with Crippen LogP contribution in [-0.2, 0) is 14.4 Å². The quantitative estimate of drug-likeness (QED) is 0.604. The van der Waals surface area contributed by atoms with Gasteiger partial charge in [-0.05, 0) is 54.4 Å². The lowest BCUT2D eigenvalue weighted by Gasteiger charge is -2.37. The van der Waals surface area contributed by atoms with Gasteiger partial charge in [0.25, 0.3) is 0 Å². The van der Waals surface area contributed by atoms with Crippen molar-refractivity contribution < 1.29 is 19.1 Å². The molecule has 0 N–H and O–H groups in total. The lowest BCUT2D eigenvalue weighted by Crippen LogP contribution is -2.44. The molecule has 0 unspecified atom stereocenters. The maximum atomic E-state index is 13.1. The van der Waals surface area contributed by atoms with Crippen LogP contribution in [0.5, 0.6) is 5.75 Å². The zero-order valence-electron chi connectivity index (χ0n) is 15.4.